The van der Waals surface area contributed by atoms with Crippen molar-refractivity contribution in [2.45, 2.75) is 29.6 Å². The number of nitriles is 1. The summed E-state index contributed by atoms with van der Waals surface area (Å²) in [5, 5.41) is 14.7. The van der Waals surface area contributed by atoms with Crippen LogP contribution in [0.3, 0.4) is 0 Å². The predicted molar refractivity (Wildman–Crippen MR) is 104 cm³/mol. The van der Waals surface area contributed by atoms with Gasteiger partial charge in [0.2, 0.25) is 5.91 Å². The van der Waals surface area contributed by atoms with Gasteiger partial charge in [0.1, 0.15) is 22.5 Å². The van der Waals surface area contributed by atoms with Gasteiger partial charge in [0.25, 0.3) is 0 Å². The van der Waals surface area contributed by atoms with E-state index in [2.05, 4.69) is 10.4 Å². The Morgan fingerprint density at radius 3 is 2.13 bits per heavy atom. The first-order chi connectivity index (χ1) is 13.6. The second-order valence-electron chi connectivity index (χ2n) is 6.85. The normalized spacial score (nSPS) is 18.0. The number of halogens is 7. The van der Waals surface area contributed by atoms with Crippen molar-refractivity contribution in [3.63, 3.8) is 0 Å². The summed E-state index contributed by atoms with van der Waals surface area (Å²) in [7, 11) is -8.63. The van der Waals surface area contributed by atoms with Gasteiger partial charge in [-0.05, 0) is 25.0 Å². The van der Waals surface area contributed by atoms with Crippen LogP contribution in [0, 0.1) is 11.3 Å². The molecule has 6 nitrogen and oxygen atoms in total. The van der Waals surface area contributed by atoms with Crippen molar-refractivity contribution in [1.82, 2.24) is 9.78 Å². The molecule has 0 bridgehead atoms. The van der Waals surface area contributed by atoms with E-state index in [-0.39, 0.29) is 34.9 Å². The summed E-state index contributed by atoms with van der Waals surface area (Å²) in [6.07, 6.45) is 1.33. The number of anilines is 1. The summed E-state index contributed by atoms with van der Waals surface area (Å²) >= 11 is 11.8. The molecule has 0 unspecified atom stereocenters. The standard InChI is InChI=1S/C16H14Cl2F5N5OS/c1-26-14-12(16(15(25)29)3-2-4-16)11(7-24)27-28(14)13-9(17)5-8(6-10(13)18)30(19,20,21,22)23/h5-6,26H,2-4H2,1H3,(H2,25,29). The van der Waals surface area contributed by atoms with Crippen LogP contribution < -0.4 is 11.1 Å². The third-order valence-corrected chi connectivity index (χ3v) is 6.74. The molecule has 1 saturated carbocycles. The number of aromatic nitrogens is 2. The molecule has 1 fully saturated rings. The van der Waals surface area contributed by atoms with Gasteiger partial charge in [-0.15, -0.1) is 0 Å². The van der Waals surface area contributed by atoms with Crippen LogP contribution in [0.15, 0.2) is 17.0 Å². The topological polar surface area (TPSA) is 96.7 Å². The van der Waals surface area contributed by atoms with E-state index >= 15 is 0 Å². The van der Waals surface area contributed by atoms with Crippen LogP contribution in [-0.4, -0.2) is 22.7 Å². The molecule has 0 saturated heterocycles. The van der Waals surface area contributed by atoms with Gasteiger partial charge < -0.3 is 11.1 Å². The van der Waals surface area contributed by atoms with Gasteiger partial charge >= 0.3 is 10.2 Å². The number of carbonyl (C=O) groups is 1. The second-order valence-corrected chi connectivity index (χ2v) is 10.1. The third-order valence-electron chi connectivity index (χ3n) is 5.03. The van der Waals surface area contributed by atoms with Crippen LogP contribution in [0.1, 0.15) is 30.5 Å². The van der Waals surface area contributed by atoms with Crippen LogP contribution >= 0.6 is 33.4 Å². The highest BCUT2D eigenvalue weighted by atomic mass is 35.5. The summed E-state index contributed by atoms with van der Waals surface area (Å²) in [4.78, 5) is 9.87. The summed E-state index contributed by atoms with van der Waals surface area (Å²) in [5.41, 5.74) is 3.90. The Balaban J connectivity index is 2.32. The van der Waals surface area contributed by atoms with Gasteiger partial charge in [-0.3, -0.25) is 4.79 Å². The molecule has 3 rings (SSSR count). The molecule has 30 heavy (non-hydrogen) atoms. The van der Waals surface area contributed by atoms with E-state index in [1.807, 2.05) is 6.07 Å². The Bertz CT molecular complexity index is 1100. The fraction of sp³-hybridized carbons (Fsp3) is 0.312. The van der Waals surface area contributed by atoms with Crippen LogP contribution in [-0.2, 0) is 10.2 Å². The lowest BCUT2D eigenvalue weighted by Crippen LogP contribution is -2.47. The molecule has 0 spiro atoms. The Hall–Kier alpha value is -2.23. The summed E-state index contributed by atoms with van der Waals surface area (Å²) in [6, 6.07) is 1.91. The second kappa shape index (κ2) is 6.15. The zero-order valence-electron chi connectivity index (χ0n) is 15.2. The number of primary amides is 1. The molecule has 0 radical (unpaired) electrons. The molecular formula is C16H14Cl2F5N5OS. The van der Waals surface area contributed by atoms with Gasteiger partial charge in [-0.1, -0.05) is 49.1 Å². The third kappa shape index (κ3) is 3.44. The lowest BCUT2D eigenvalue weighted by molar-refractivity contribution is -0.126. The molecule has 1 aliphatic rings. The molecule has 1 aromatic carbocycles. The Morgan fingerprint density at radius 1 is 1.27 bits per heavy atom. The van der Waals surface area contributed by atoms with Crippen molar-refractivity contribution in [3.8, 4) is 11.8 Å². The Kier molecular flexibility index (Phi) is 4.60. The number of rotatable bonds is 5. The maximum absolute atomic E-state index is 13.2. The molecule has 3 N–H and O–H groups in total. The molecule has 2 aromatic rings. The first-order valence-electron chi connectivity index (χ1n) is 8.30. The average Bonchev–Trinajstić information content (AvgIpc) is 2.89. The van der Waals surface area contributed by atoms with Crippen molar-refractivity contribution in [2.24, 2.45) is 5.73 Å². The maximum atomic E-state index is 13.2. The van der Waals surface area contributed by atoms with Gasteiger partial charge in [-0.25, -0.2) is 4.68 Å². The molecular weight excluding hydrogens is 476 g/mol. The largest absolute Gasteiger partial charge is 0.373 e. The van der Waals surface area contributed by atoms with Crippen molar-refractivity contribution >= 4 is 45.2 Å². The Labute approximate surface area is 177 Å². The van der Waals surface area contributed by atoms with Gasteiger partial charge in [0, 0.05) is 12.6 Å². The molecule has 0 atom stereocenters. The van der Waals surface area contributed by atoms with Crippen molar-refractivity contribution in [2.75, 3.05) is 12.4 Å². The zero-order valence-corrected chi connectivity index (χ0v) is 17.5. The molecule has 1 amide bonds. The highest BCUT2D eigenvalue weighted by Gasteiger charge is 2.65. The van der Waals surface area contributed by atoms with Crippen LogP contribution in [0.4, 0.5) is 25.2 Å². The van der Waals surface area contributed by atoms with Crippen molar-refractivity contribution in [3.05, 3.63) is 33.4 Å². The minimum absolute atomic E-state index is 0.0361. The summed E-state index contributed by atoms with van der Waals surface area (Å²) in [5.74, 6) is -0.663. The molecule has 1 aromatic heterocycles. The van der Waals surface area contributed by atoms with E-state index in [0.717, 1.165) is 4.68 Å². The number of amides is 1. The SMILES string of the molecule is CNc1c(C2(C(N)=O)CCC2)c(C#N)nn1-c1c(Cl)cc(S(F)(F)(F)(F)F)cc1Cl. The minimum atomic E-state index is -10.0. The van der Waals surface area contributed by atoms with Gasteiger partial charge in [0.15, 0.2) is 5.69 Å². The van der Waals surface area contributed by atoms with Crippen LogP contribution in [0.2, 0.25) is 10.0 Å². The fourth-order valence-corrected chi connectivity index (χ4v) is 4.92. The summed E-state index contributed by atoms with van der Waals surface area (Å²) < 4.78 is 66.7. The van der Waals surface area contributed by atoms with Crippen LogP contribution in [0.25, 0.3) is 5.69 Å². The van der Waals surface area contributed by atoms with E-state index in [9.17, 15) is 29.5 Å². The highest BCUT2D eigenvalue weighted by Crippen LogP contribution is 3.02. The summed E-state index contributed by atoms with van der Waals surface area (Å²) in [6.45, 7) is 0. The van der Waals surface area contributed by atoms with E-state index < -0.39 is 36.5 Å². The van der Waals surface area contributed by atoms with Crippen molar-refractivity contribution < 1.29 is 24.2 Å². The number of nitrogens with zero attached hydrogens (tertiary/aromatic N) is 3. The van der Waals surface area contributed by atoms with E-state index in [0.29, 0.717) is 19.3 Å². The lowest BCUT2D eigenvalue weighted by atomic mass is 9.63. The number of nitrogens with one attached hydrogen (secondary N) is 1. The molecule has 14 heteroatoms. The first kappa shape index (κ1) is 22.5. The number of hydrogen-bond donors (Lipinski definition) is 2. The first-order valence-corrected chi connectivity index (χ1v) is 11.0. The molecule has 1 aliphatic carbocycles. The highest BCUT2D eigenvalue weighted by molar-refractivity contribution is 8.45. The fourth-order valence-electron chi connectivity index (χ4n) is 3.46. The predicted octanol–water partition coefficient (Wildman–Crippen LogP) is 5.66. The monoisotopic (exact) mass is 489 g/mol. The maximum Gasteiger partial charge on any atom is 0.310 e. The quantitative estimate of drug-likeness (QED) is 0.529. The van der Waals surface area contributed by atoms with Gasteiger partial charge in [0.05, 0.1) is 15.5 Å². The zero-order chi connectivity index (χ0) is 22.8. The van der Waals surface area contributed by atoms with E-state index in [1.165, 1.54) is 7.05 Å². The number of benzene rings is 1. The number of hydrogen-bond acceptors (Lipinski definition) is 4. The Morgan fingerprint density at radius 2 is 1.80 bits per heavy atom. The molecule has 164 valence electrons. The van der Waals surface area contributed by atoms with E-state index in [4.69, 9.17) is 28.9 Å². The smallest absolute Gasteiger partial charge is 0.310 e. The van der Waals surface area contributed by atoms with Crippen molar-refractivity contribution in [1.29, 1.82) is 5.26 Å². The number of carbonyl (C=O) groups excluding carboxylic acids is 1. The average molecular weight is 490 g/mol. The van der Waals surface area contributed by atoms with Crippen LogP contribution in [0.5, 0.6) is 0 Å². The molecule has 0 aliphatic heterocycles. The lowest BCUT2D eigenvalue weighted by Gasteiger charge is -2.40. The number of nitrogens with two attached hydrogens (primary N) is 1. The molecule has 1 heterocycles. The minimum Gasteiger partial charge on any atom is -0.373 e. The van der Waals surface area contributed by atoms with E-state index in [1.54, 1.807) is 0 Å². The van der Waals surface area contributed by atoms with Gasteiger partial charge in [-0.2, -0.15) is 10.4 Å².